The molecule has 0 aliphatic rings. The first-order valence-electron chi connectivity index (χ1n) is 6.42. The van der Waals surface area contributed by atoms with Crippen molar-refractivity contribution in [3.63, 3.8) is 0 Å². The van der Waals surface area contributed by atoms with Crippen molar-refractivity contribution in [3.8, 4) is 11.5 Å². The molecule has 2 aromatic rings. The number of ether oxygens (including phenoxy) is 1. The highest BCUT2D eigenvalue weighted by atomic mass is 16.5. The third-order valence-corrected chi connectivity index (χ3v) is 2.81. The van der Waals surface area contributed by atoms with Crippen LogP contribution in [0, 0.1) is 0 Å². The number of hydrogen-bond donors (Lipinski definition) is 2. The number of aromatic hydroxyl groups is 1. The van der Waals surface area contributed by atoms with E-state index in [1.54, 1.807) is 12.1 Å². The highest BCUT2D eigenvalue weighted by molar-refractivity contribution is 5.83. The molecule has 0 aliphatic carbocycles. The van der Waals surface area contributed by atoms with Crippen molar-refractivity contribution in [1.29, 1.82) is 0 Å². The van der Waals surface area contributed by atoms with E-state index in [1.807, 2.05) is 30.3 Å². The number of nitrogens with one attached hydrogen (secondary N) is 1. The van der Waals surface area contributed by atoms with Crippen molar-refractivity contribution in [2.45, 2.75) is 6.42 Å². The summed E-state index contributed by atoms with van der Waals surface area (Å²) >= 11 is 0. The van der Waals surface area contributed by atoms with Crippen LogP contribution in [0.2, 0.25) is 0 Å². The zero-order valence-electron chi connectivity index (χ0n) is 11.6. The fraction of sp³-hybridized carbons (Fsp3) is 0.125. The van der Waals surface area contributed by atoms with E-state index in [1.165, 1.54) is 19.4 Å². The molecule has 2 rings (SSSR count). The van der Waals surface area contributed by atoms with Gasteiger partial charge >= 0.3 is 0 Å². The summed E-state index contributed by atoms with van der Waals surface area (Å²) < 4.78 is 4.94. The van der Waals surface area contributed by atoms with Crippen molar-refractivity contribution in [2.75, 3.05) is 7.11 Å². The zero-order chi connectivity index (χ0) is 15.1. The summed E-state index contributed by atoms with van der Waals surface area (Å²) in [5, 5.41) is 13.5. The minimum absolute atomic E-state index is 0.0251. The van der Waals surface area contributed by atoms with Crippen LogP contribution in [0.15, 0.2) is 53.6 Å². The first-order valence-corrected chi connectivity index (χ1v) is 6.42. The summed E-state index contributed by atoms with van der Waals surface area (Å²) in [6, 6.07) is 14.3. The Hall–Kier alpha value is -2.82. The van der Waals surface area contributed by atoms with Gasteiger partial charge in [0.1, 0.15) is 0 Å². The minimum atomic E-state index is -0.199. The van der Waals surface area contributed by atoms with Crippen molar-refractivity contribution >= 4 is 12.1 Å². The average Bonchev–Trinajstić information content (AvgIpc) is 2.48. The van der Waals surface area contributed by atoms with Crippen molar-refractivity contribution in [1.82, 2.24) is 5.43 Å². The summed E-state index contributed by atoms with van der Waals surface area (Å²) in [4.78, 5) is 11.7. The molecule has 21 heavy (non-hydrogen) atoms. The van der Waals surface area contributed by atoms with Gasteiger partial charge in [0, 0.05) is 0 Å². The van der Waals surface area contributed by atoms with Gasteiger partial charge in [0.15, 0.2) is 11.5 Å². The molecule has 0 atom stereocenters. The Morgan fingerprint density at radius 2 is 2.05 bits per heavy atom. The molecule has 2 aromatic carbocycles. The van der Waals surface area contributed by atoms with Gasteiger partial charge in [0.05, 0.1) is 19.7 Å². The number of nitrogens with zero attached hydrogens (tertiary/aromatic N) is 1. The number of carbonyl (C=O) groups excluding carboxylic acids is 1. The molecule has 0 spiro atoms. The monoisotopic (exact) mass is 284 g/mol. The van der Waals surface area contributed by atoms with E-state index in [2.05, 4.69) is 10.5 Å². The molecule has 0 fully saturated rings. The minimum Gasteiger partial charge on any atom is -0.504 e. The van der Waals surface area contributed by atoms with Gasteiger partial charge in [-0.25, -0.2) is 5.43 Å². The van der Waals surface area contributed by atoms with Gasteiger partial charge in [-0.05, 0) is 29.3 Å². The Balaban J connectivity index is 1.90. The number of carbonyl (C=O) groups is 1. The Bertz CT molecular complexity index is 639. The van der Waals surface area contributed by atoms with Crippen molar-refractivity contribution in [2.24, 2.45) is 5.10 Å². The first kappa shape index (κ1) is 14.6. The number of methoxy groups -OCH3 is 1. The smallest absolute Gasteiger partial charge is 0.244 e. The number of phenolic OH excluding ortho intramolecular Hbond substituents is 1. The summed E-state index contributed by atoms with van der Waals surface area (Å²) in [5.41, 5.74) is 4.03. The maximum Gasteiger partial charge on any atom is 0.244 e. The summed E-state index contributed by atoms with van der Waals surface area (Å²) in [6.45, 7) is 0. The molecule has 0 saturated heterocycles. The summed E-state index contributed by atoms with van der Waals surface area (Å²) in [6.07, 6.45) is 1.73. The third-order valence-electron chi connectivity index (χ3n) is 2.81. The van der Waals surface area contributed by atoms with Gasteiger partial charge in [-0.3, -0.25) is 4.79 Å². The lowest BCUT2D eigenvalue weighted by atomic mass is 10.1. The second kappa shape index (κ2) is 7.09. The van der Waals surface area contributed by atoms with Crippen LogP contribution in [0.4, 0.5) is 0 Å². The zero-order valence-corrected chi connectivity index (χ0v) is 11.6. The van der Waals surface area contributed by atoms with E-state index in [-0.39, 0.29) is 18.1 Å². The Morgan fingerprint density at radius 3 is 2.71 bits per heavy atom. The molecule has 5 heteroatoms. The van der Waals surface area contributed by atoms with Crippen LogP contribution >= 0.6 is 0 Å². The molecule has 0 saturated carbocycles. The number of amides is 1. The molecule has 2 N–H and O–H groups in total. The molecule has 5 nitrogen and oxygen atoms in total. The molecule has 0 heterocycles. The van der Waals surface area contributed by atoms with E-state index in [4.69, 9.17) is 4.74 Å². The number of benzene rings is 2. The molecule has 0 unspecified atom stereocenters. The van der Waals surface area contributed by atoms with E-state index in [0.29, 0.717) is 11.3 Å². The molecule has 0 aromatic heterocycles. The van der Waals surface area contributed by atoms with Gasteiger partial charge in [0.25, 0.3) is 0 Å². The standard InChI is InChI=1S/C16H16N2O3/c1-21-15-8-7-13(9-14(15)19)11-17-18-16(20)10-12-5-3-2-4-6-12/h2-9,11,19H,10H2,1H3,(H,18,20)/b17-11-. The van der Waals surface area contributed by atoms with Crippen LogP contribution in [-0.2, 0) is 11.2 Å². The molecule has 0 radical (unpaired) electrons. The molecule has 108 valence electrons. The highest BCUT2D eigenvalue weighted by Crippen LogP contribution is 2.25. The fourth-order valence-electron chi connectivity index (χ4n) is 1.79. The second-order valence-electron chi connectivity index (χ2n) is 4.39. The van der Waals surface area contributed by atoms with Crippen LogP contribution in [0.1, 0.15) is 11.1 Å². The van der Waals surface area contributed by atoms with E-state index in [0.717, 1.165) is 5.56 Å². The average molecular weight is 284 g/mol. The Kier molecular flexibility index (Phi) is 4.93. The van der Waals surface area contributed by atoms with Gasteiger partial charge in [-0.1, -0.05) is 30.3 Å². The van der Waals surface area contributed by atoms with E-state index in [9.17, 15) is 9.90 Å². The normalized spacial score (nSPS) is 10.5. The third kappa shape index (κ3) is 4.35. The lowest BCUT2D eigenvalue weighted by molar-refractivity contribution is -0.120. The summed E-state index contributed by atoms with van der Waals surface area (Å²) in [7, 11) is 1.48. The maximum absolute atomic E-state index is 11.7. The SMILES string of the molecule is COc1ccc(/C=N\NC(=O)Cc2ccccc2)cc1O. The van der Waals surface area contributed by atoms with Crippen LogP contribution in [0.25, 0.3) is 0 Å². The van der Waals surface area contributed by atoms with Gasteiger partial charge in [0.2, 0.25) is 5.91 Å². The predicted octanol–water partition coefficient (Wildman–Crippen LogP) is 2.09. The highest BCUT2D eigenvalue weighted by Gasteiger charge is 2.02. The topological polar surface area (TPSA) is 70.9 Å². The number of hydrazone groups is 1. The first-order chi connectivity index (χ1) is 10.2. The second-order valence-corrected chi connectivity index (χ2v) is 4.39. The molecule has 0 aliphatic heterocycles. The largest absolute Gasteiger partial charge is 0.504 e. The van der Waals surface area contributed by atoms with Crippen LogP contribution in [-0.4, -0.2) is 24.3 Å². The maximum atomic E-state index is 11.7. The Morgan fingerprint density at radius 1 is 1.29 bits per heavy atom. The van der Waals surface area contributed by atoms with Gasteiger partial charge in [-0.2, -0.15) is 5.10 Å². The van der Waals surface area contributed by atoms with E-state index >= 15 is 0 Å². The van der Waals surface area contributed by atoms with Crippen LogP contribution in [0.5, 0.6) is 11.5 Å². The molecular weight excluding hydrogens is 268 g/mol. The van der Waals surface area contributed by atoms with Gasteiger partial charge < -0.3 is 9.84 Å². The molecule has 1 amide bonds. The number of hydrogen-bond acceptors (Lipinski definition) is 4. The van der Waals surface area contributed by atoms with E-state index < -0.39 is 0 Å². The fourth-order valence-corrected chi connectivity index (χ4v) is 1.79. The van der Waals surface area contributed by atoms with Crippen LogP contribution in [0.3, 0.4) is 0 Å². The quantitative estimate of drug-likeness (QED) is 0.652. The summed E-state index contributed by atoms with van der Waals surface area (Å²) in [5.74, 6) is 0.215. The van der Waals surface area contributed by atoms with Crippen LogP contribution < -0.4 is 10.2 Å². The Labute approximate surface area is 122 Å². The van der Waals surface area contributed by atoms with Gasteiger partial charge in [-0.15, -0.1) is 0 Å². The predicted molar refractivity (Wildman–Crippen MR) is 80.5 cm³/mol. The molecule has 0 bridgehead atoms. The lowest BCUT2D eigenvalue weighted by Crippen LogP contribution is -2.19. The number of rotatable bonds is 5. The number of phenols is 1. The van der Waals surface area contributed by atoms with Crippen molar-refractivity contribution in [3.05, 3.63) is 59.7 Å². The molecular formula is C16H16N2O3. The van der Waals surface area contributed by atoms with Crippen molar-refractivity contribution < 1.29 is 14.6 Å². The lowest BCUT2D eigenvalue weighted by Gasteiger charge is -2.03.